The van der Waals surface area contributed by atoms with Crippen molar-refractivity contribution in [1.29, 1.82) is 0 Å². The molecule has 0 saturated heterocycles. The van der Waals surface area contributed by atoms with Crippen molar-refractivity contribution in [1.82, 2.24) is 0 Å². The standard InChI is InChI=1S/C12H18ClNO2S/c1-12(2,3)8-14-11-7-9(17(4,15)16)5-6-10(11)13/h5-7,14H,8H2,1-4H3. The van der Waals surface area contributed by atoms with Crippen LogP contribution in [-0.2, 0) is 9.84 Å². The molecular formula is C12H18ClNO2S. The summed E-state index contributed by atoms with van der Waals surface area (Å²) in [6.07, 6.45) is 1.18. The van der Waals surface area contributed by atoms with Gasteiger partial charge in [-0.3, -0.25) is 0 Å². The Morgan fingerprint density at radius 2 is 1.88 bits per heavy atom. The van der Waals surface area contributed by atoms with E-state index in [9.17, 15) is 8.42 Å². The molecule has 1 N–H and O–H groups in total. The van der Waals surface area contributed by atoms with Gasteiger partial charge in [0.25, 0.3) is 0 Å². The molecule has 0 aromatic heterocycles. The first kappa shape index (κ1) is 14.3. The monoisotopic (exact) mass is 275 g/mol. The Balaban J connectivity index is 3.00. The molecule has 96 valence electrons. The van der Waals surface area contributed by atoms with E-state index >= 15 is 0 Å². The minimum atomic E-state index is -3.19. The van der Waals surface area contributed by atoms with E-state index in [1.165, 1.54) is 12.3 Å². The molecular weight excluding hydrogens is 258 g/mol. The minimum absolute atomic E-state index is 0.102. The normalized spacial score (nSPS) is 12.5. The first-order valence-electron chi connectivity index (χ1n) is 5.33. The van der Waals surface area contributed by atoms with Crippen molar-refractivity contribution in [3.8, 4) is 0 Å². The SMILES string of the molecule is CC(C)(C)CNc1cc(S(C)(=O)=O)ccc1Cl. The van der Waals surface area contributed by atoms with Gasteiger partial charge in [-0.2, -0.15) is 0 Å². The fourth-order valence-electron chi connectivity index (χ4n) is 1.23. The Bertz CT molecular complexity index is 504. The van der Waals surface area contributed by atoms with Crippen molar-refractivity contribution in [2.75, 3.05) is 18.1 Å². The Morgan fingerprint density at radius 1 is 1.29 bits per heavy atom. The summed E-state index contributed by atoms with van der Waals surface area (Å²) in [4.78, 5) is 0.276. The van der Waals surface area contributed by atoms with Crippen LogP contribution in [0.25, 0.3) is 0 Å². The molecule has 3 nitrogen and oxygen atoms in total. The topological polar surface area (TPSA) is 46.2 Å². The Kier molecular flexibility index (Phi) is 4.10. The zero-order valence-electron chi connectivity index (χ0n) is 10.5. The van der Waals surface area contributed by atoms with E-state index < -0.39 is 9.84 Å². The predicted octanol–water partition coefficient (Wildman–Crippen LogP) is 3.20. The Labute approximate surface area is 108 Å². The molecule has 0 amide bonds. The molecule has 0 radical (unpaired) electrons. The van der Waals surface area contributed by atoms with Gasteiger partial charge in [0.05, 0.1) is 15.6 Å². The van der Waals surface area contributed by atoms with Gasteiger partial charge in [-0.25, -0.2) is 8.42 Å². The van der Waals surface area contributed by atoms with Crippen LogP contribution in [0.1, 0.15) is 20.8 Å². The van der Waals surface area contributed by atoms with Crippen LogP contribution in [0, 0.1) is 5.41 Å². The zero-order chi connectivity index (χ0) is 13.3. The molecule has 0 unspecified atom stereocenters. The highest BCUT2D eigenvalue weighted by Gasteiger charge is 2.13. The number of anilines is 1. The van der Waals surface area contributed by atoms with E-state index in [1.54, 1.807) is 12.1 Å². The quantitative estimate of drug-likeness (QED) is 0.921. The van der Waals surface area contributed by atoms with Crippen LogP contribution in [0.3, 0.4) is 0 Å². The molecule has 0 aliphatic carbocycles. The maximum atomic E-state index is 11.4. The van der Waals surface area contributed by atoms with Crippen molar-refractivity contribution in [2.45, 2.75) is 25.7 Å². The van der Waals surface area contributed by atoms with Crippen LogP contribution in [0.2, 0.25) is 5.02 Å². The predicted molar refractivity (Wildman–Crippen MR) is 72.5 cm³/mol. The van der Waals surface area contributed by atoms with Crippen molar-refractivity contribution in [2.24, 2.45) is 5.41 Å². The lowest BCUT2D eigenvalue weighted by Gasteiger charge is -2.20. The third kappa shape index (κ3) is 4.56. The van der Waals surface area contributed by atoms with E-state index in [0.29, 0.717) is 10.7 Å². The van der Waals surface area contributed by atoms with E-state index in [2.05, 4.69) is 26.1 Å². The molecule has 0 spiro atoms. The van der Waals surface area contributed by atoms with E-state index in [4.69, 9.17) is 11.6 Å². The summed E-state index contributed by atoms with van der Waals surface area (Å²) < 4.78 is 22.9. The summed E-state index contributed by atoms with van der Waals surface area (Å²) in [7, 11) is -3.19. The summed E-state index contributed by atoms with van der Waals surface area (Å²) in [5, 5.41) is 3.70. The highest BCUT2D eigenvalue weighted by Crippen LogP contribution is 2.26. The maximum absolute atomic E-state index is 11.4. The summed E-state index contributed by atoms with van der Waals surface area (Å²) in [5.41, 5.74) is 0.759. The summed E-state index contributed by atoms with van der Waals surface area (Å²) in [6, 6.07) is 4.69. The smallest absolute Gasteiger partial charge is 0.175 e. The highest BCUT2D eigenvalue weighted by atomic mass is 35.5. The van der Waals surface area contributed by atoms with Crippen LogP contribution in [-0.4, -0.2) is 21.2 Å². The lowest BCUT2D eigenvalue weighted by atomic mass is 9.97. The summed E-state index contributed by atoms with van der Waals surface area (Å²) in [6.45, 7) is 7.00. The number of sulfone groups is 1. The van der Waals surface area contributed by atoms with Crippen molar-refractivity contribution in [3.63, 3.8) is 0 Å². The lowest BCUT2D eigenvalue weighted by Crippen LogP contribution is -2.19. The third-order valence-corrected chi connectivity index (χ3v) is 3.61. The zero-order valence-corrected chi connectivity index (χ0v) is 12.1. The molecule has 17 heavy (non-hydrogen) atoms. The molecule has 1 aromatic carbocycles. The molecule has 0 atom stereocenters. The van der Waals surface area contributed by atoms with Gasteiger partial charge < -0.3 is 5.32 Å². The van der Waals surface area contributed by atoms with E-state index in [1.807, 2.05) is 0 Å². The fourth-order valence-corrected chi connectivity index (χ4v) is 2.06. The largest absolute Gasteiger partial charge is 0.383 e. The second-order valence-corrected chi connectivity index (χ2v) is 7.75. The summed E-state index contributed by atoms with van der Waals surface area (Å²) in [5.74, 6) is 0. The highest BCUT2D eigenvalue weighted by molar-refractivity contribution is 7.90. The third-order valence-electron chi connectivity index (χ3n) is 2.18. The molecule has 0 bridgehead atoms. The molecule has 0 heterocycles. The Hall–Kier alpha value is -0.740. The van der Waals surface area contributed by atoms with E-state index in [0.717, 1.165) is 6.54 Å². The minimum Gasteiger partial charge on any atom is -0.383 e. The van der Waals surface area contributed by atoms with Crippen molar-refractivity contribution < 1.29 is 8.42 Å². The van der Waals surface area contributed by atoms with Crippen molar-refractivity contribution >= 4 is 27.1 Å². The molecule has 1 aromatic rings. The molecule has 1 rings (SSSR count). The molecule has 0 fully saturated rings. The lowest BCUT2D eigenvalue weighted by molar-refractivity contribution is 0.443. The average Bonchev–Trinajstić information content (AvgIpc) is 2.13. The average molecular weight is 276 g/mol. The first-order chi connectivity index (χ1) is 7.59. The van der Waals surface area contributed by atoms with Gasteiger partial charge in [0.15, 0.2) is 9.84 Å². The van der Waals surface area contributed by atoms with Crippen LogP contribution in [0.4, 0.5) is 5.69 Å². The molecule has 0 aliphatic heterocycles. The van der Waals surface area contributed by atoms with Gasteiger partial charge in [0.2, 0.25) is 0 Å². The van der Waals surface area contributed by atoms with Crippen molar-refractivity contribution in [3.05, 3.63) is 23.2 Å². The van der Waals surface area contributed by atoms with Crippen LogP contribution in [0.15, 0.2) is 23.1 Å². The number of rotatable bonds is 3. The number of halogens is 1. The van der Waals surface area contributed by atoms with Gasteiger partial charge in [-0.15, -0.1) is 0 Å². The van der Waals surface area contributed by atoms with Crippen LogP contribution < -0.4 is 5.32 Å². The molecule has 0 aliphatic rings. The van der Waals surface area contributed by atoms with Gasteiger partial charge in [-0.05, 0) is 23.6 Å². The number of nitrogens with one attached hydrogen (secondary N) is 1. The number of benzene rings is 1. The van der Waals surface area contributed by atoms with Gasteiger partial charge in [0, 0.05) is 12.8 Å². The van der Waals surface area contributed by atoms with Crippen LogP contribution >= 0.6 is 11.6 Å². The number of hydrogen-bond donors (Lipinski definition) is 1. The molecule has 5 heteroatoms. The van der Waals surface area contributed by atoms with Crippen LogP contribution in [0.5, 0.6) is 0 Å². The first-order valence-corrected chi connectivity index (χ1v) is 7.60. The van der Waals surface area contributed by atoms with Gasteiger partial charge in [-0.1, -0.05) is 32.4 Å². The Morgan fingerprint density at radius 3 is 2.35 bits per heavy atom. The second kappa shape index (κ2) is 4.86. The maximum Gasteiger partial charge on any atom is 0.175 e. The van der Waals surface area contributed by atoms with E-state index in [-0.39, 0.29) is 10.3 Å². The number of hydrogen-bond acceptors (Lipinski definition) is 3. The molecule has 0 saturated carbocycles. The second-order valence-electron chi connectivity index (χ2n) is 5.33. The van der Waals surface area contributed by atoms with Gasteiger partial charge >= 0.3 is 0 Å². The van der Waals surface area contributed by atoms with Gasteiger partial charge in [0.1, 0.15) is 0 Å². The summed E-state index contributed by atoms with van der Waals surface area (Å²) >= 11 is 6.02. The fraction of sp³-hybridized carbons (Fsp3) is 0.500.